The lowest BCUT2D eigenvalue weighted by atomic mass is 10.1. The van der Waals surface area contributed by atoms with E-state index in [1.807, 2.05) is 6.92 Å². The molecule has 0 aliphatic carbocycles. The topological polar surface area (TPSA) is 78.1 Å². The molecule has 1 heterocycles. The maximum Gasteiger partial charge on any atom is 0.339 e. The van der Waals surface area contributed by atoms with Gasteiger partial charge in [-0.3, -0.25) is 0 Å². The number of rotatable bonds is 5. The fraction of sp³-hybridized carbons (Fsp3) is 0.357. The molecule has 0 aliphatic heterocycles. The Balaban J connectivity index is 2.86. The van der Waals surface area contributed by atoms with E-state index in [0.717, 1.165) is 6.07 Å². The van der Waals surface area contributed by atoms with Crippen LogP contribution in [0.15, 0.2) is 21.3 Å². The molecule has 6 nitrogen and oxygen atoms in total. The SMILES string of the molecule is CCOc1cc2oc(=O)cc(O)c2c(OCC)c1OC. The molecule has 0 bridgehead atoms. The third-order valence-electron chi connectivity index (χ3n) is 2.68. The van der Waals surface area contributed by atoms with E-state index in [1.54, 1.807) is 6.92 Å². The van der Waals surface area contributed by atoms with E-state index in [0.29, 0.717) is 24.7 Å². The lowest BCUT2D eigenvalue weighted by Crippen LogP contribution is -2.03. The second-order valence-corrected chi connectivity index (χ2v) is 3.93. The Kier molecular flexibility index (Phi) is 4.02. The first kappa shape index (κ1) is 14.0. The van der Waals surface area contributed by atoms with E-state index in [2.05, 4.69) is 0 Å². The minimum Gasteiger partial charge on any atom is -0.507 e. The normalized spacial score (nSPS) is 10.6. The van der Waals surface area contributed by atoms with Gasteiger partial charge in [-0.15, -0.1) is 0 Å². The second-order valence-electron chi connectivity index (χ2n) is 3.93. The van der Waals surface area contributed by atoms with Crippen LogP contribution in [0.4, 0.5) is 0 Å². The molecule has 0 saturated heterocycles. The molecule has 1 N–H and O–H groups in total. The Morgan fingerprint density at radius 3 is 2.45 bits per heavy atom. The largest absolute Gasteiger partial charge is 0.507 e. The first-order valence-corrected chi connectivity index (χ1v) is 6.25. The van der Waals surface area contributed by atoms with Gasteiger partial charge >= 0.3 is 5.63 Å². The van der Waals surface area contributed by atoms with Crippen molar-refractivity contribution in [3.05, 3.63) is 22.6 Å². The lowest BCUT2D eigenvalue weighted by molar-refractivity contribution is 0.283. The van der Waals surface area contributed by atoms with Crippen LogP contribution >= 0.6 is 0 Å². The Morgan fingerprint density at radius 1 is 1.15 bits per heavy atom. The van der Waals surface area contributed by atoms with Gasteiger partial charge in [0.05, 0.1) is 26.4 Å². The fourth-order valence-corrected chi connectivity index (χ4v) is 1.98. The van der Waals surface area contributed by atoms with Gasteiger partial charge in [-0.2, -0.15) is 0 Å². The second kappa shape index (κ2) is 5.73. The van der Waals surface area contributed by atoms with Crippen molar-refractivity contribution in [3.63, 3.8) is 0 Å². The molecule has 0 fully saturated rings. The maximum atomic E-state index is 11.4. The highest BCUT2D eigenvalue weighted by Crippen LogP contribution is 2.46. The maximum absolute atomic E-state index is 11.4. The van der Waals surface area contributed by atoms with Gasteiger partial charge in [0, 0.05) is 6.07 Å². The molecule has 1 aromatic heterocycles. The van der Waals surface area contributed by atoms with Crippen molar-refractivity contribution in [3.8, 4) is 23.0 Å². The van der Waals surface area contributed by atoms with Crippen LogP contribution in [-0.4, -0.2) is 25.4 Å². The number of aromatic hydroxyl groups is 1. The number of methoxy groups -OCH3 is 1. The zero-order chi connectivity index (χ0) is 14.7. The molecule has 108 valence electrons. The molecule has 1 aromatic carbocycles. The molecule has 0 radical (unpaired) electrons. The summed E-state index contributed by atoms with van der Waals surface area (Å²) in [6, 6.07) is 2.49. The zero-order valence-corrected chi connectivity index (χ0v) is 11.6. The Bertz CT molecular complexity index is 673. The molecule has 0 aliphatic rings. The van der Waals surface area contributed by atoms with Crippen molar-refractivity contribution < 1.29 is 23.7 Å². The van der Waals surface area contributed by atoms with E-state index in [1.165, 1.54) is 13.2 Å². The molecule has 0 atom stereocenters. The van der Waals surface area contributed by atoms with Crippen molar-refractivity contribution in [1.29, 1.82) is 0 Å². The third-order valence-corrected chi connectivity index (χ3v) is 2.68. The average Bonchev–Trinajstić information content (AvgIpc) is 2.38. The summed E-state index contributed by atoms with van der Waals surface area (Å²) in [5.41, 5.74) is -0.465. The molecule has 0 saturated carbocycles. The van der Waals surface area contributed by atoms with Crippen LogP contribution in [0.2, 0.25) is 0 Å². The molecule has 2 rings (SSSR count). The molecule has 6 heteroatoms. The van der Waals surface area contributed by atoms with Gasteiger partial charge in [0.15, 0.2) is 11.5 Å². The minimum absolute atomic E-state index is 0.183. The van der Waals surface area contributed by atoms with Gasteiger partial charge in [0.25, 0.3) is 0 Å². The van der Waals surface area contributed by atoms with Crippen molar-refractivity contribution in [2.45, 2.75) is 13.8 Å². The van der Waals surface area contributed by atoms with Crippen LogP contribution in [0.1, 0.15) is 13.8 Å². The van der Waals surface area contributed by atoms with Crippen LogP contribution in [0.5, 0.6) is 23.0 Å². The third kappa shape index (κ3) is 2.36. The standard InChI is InChI=1S/C14H16O6/c1-4-18-10-7-9-12(8(15)6-11(16)20-9)14(19-5-2)13(10)17-3/h6-7,15H,4-5H2,1-3H3. The van der Waals surface area contributed by atoms with Gasteiger partial charge < -0.3 is 23.7 Å². The highest BCUT2D eigenvalue weighted by Gasteiger charge is 2.21. The summed E-state index contributed by atoms with van der Waals surface area (Å²) >= 11 is 0. The van der Waals surface area contributed by atoms with E-state index < -0.39 is 5.63 Å². The summed E-state index contributed by atoms with van der Waals surface area (Å²) in [6.45, 7) is 4.40. The minimum atomic E-state index is -0.648. The highest BCUT2D eigenvalue weighted by atomic mass is 16.5. The summed E-state index contributed by atoms with van der Waals surface area (Å²) < 4.78 is 21.4. The van der Waals surface area contributed by atoms with Crippen LogP contribution in [0.3, 0.4) is 0 Å². The lowest BCUT2D eigenvalue weighted by Gasteiger charge is -2.16. The first-order chi connectivity index (χ1) is 9.62. The summed E-state index contributed by atoms with van der Waals surface area (Å²) in [6.07, 6.45) is 0. The molecule has 0 amide bonds. The van der Waals surface area contributed by atoms with E-state index >= 15 is 0 Å². The van der Waals surface area contributed by atoms with E-state index in [9.17, 15) is 9.90 Å². The Hall–Kier alpha value is -2.37. The van der Waals surface area contributed by atoms with Crippen molar-refractivity contribution in [1.82, 2.24) is 0 Å². The molecule has 0 spiro atoms. The van der Waals surface area contributed by atoms with Crippen LogP contribution in [0, 0.1) is 0 Å². The van der Waals surface area contributed by atoms with Crippen molar-refractivity contribution >= 4 is 11.0 Å². The summed E-state index contributed by atoms with van der Waals surface area (Å²) in [5, 5.41) is 10.2. The van der Waals surface area contributed by atoms with Crippen molar-refractivity contribution in [2.24, 2.45) is 0 Å². The average molecular weight is 280 g/mol. The number of hydrogen-bond acceptors (Lipinski definition) is 6. The Morgan fingerprint density at radius 2 is 1.85 bits per heavy atom. The Labute approximate surface area is 115 Å². The molecule has 20 heavy (non-hydrogen) atoms. The zero-order valence-electron chi connectivity index (χ0n) is 11.6. The number of ether oxygens (including phenoxy) is 3. The van der Waals surface area contributed by atoms with Gasteiger partial charge in [-0.1, -0.05) is 0 Å². The molecular weight excluding hydrogens is 264 g/mol. The summed E-state index contributed by atoms with van der Waals surface area (Å²) in [4.78, 5) is 11.4. The molecular formula is C14H16O6. The van der Waals surface area contributed by atoms with Gasteiger partial charge in [-0.25, -0.2) is 4.79 Å². The molecule has 0 unspecified atom stereocenters. The summed E-state index contributed by atoms with van der Waals surface area (Å²) in [5.74, 6) is 0.809. The van der Waals surface area contributed by atoms with Crippen molar-refractivity contribution in [2.75, 3.05) is 20.3 Å². The van der Waals surface area contributed by atoms with Gasteiger partial charge in [-0.05, 0) is 13.8 Å². The van der Waals surface area contributed by atoms with Gasteiger partial charge in [0.2, 0.25) is 5.75 Å². The smallest absolute Gasteiger partial charge is 0.339 e. The number of fused-ring (bicyclic) bond motifs is 1. The number of hydrogen-bond donors (Lipinski definition) is 1. The van der Waals surface area contributed by atoms with Crippen LogP contribution in [-0.2, 0) is 0 Å². The van der Waals surface area contributed by atoms with Gasteiger partial charge in [0.1, 0.15) is 16.7 Å². The number of benzene rings is 1. The van der Waals surface area contributed by atoms with E-state index in [4.69, 9.17) is 18.6 Å². The van der Waals surface area contributed by atoms with E-state index in [-0.39, 0.29) is 22.5 Å². The fourth-order valence-electron chi connectivity index (χ4n) is 1.98. The van der Waals surface area contributed by atoms with Crippen LogP contribution in [0.25, 0.3) is 11.0 Å². The summed E-state index contributed by atoms with van der Waals surface area (Å²) in [7, 11) is 1.47. The highest BCUT2D eigenvalue weighted by molar-refractivity contribution is 5.93. The predicted molar refractivity (Wildman–Crippen MR) is 73.0 cm³/mol. The monoisotopic (exact) mass is 280 g/mol. The quantitative estimate of drug-likeness (QED) is 0.847. The first-order valence-electron chi connectivity index (χ1n) is 6.25. The molecule has 2 aromatic rings. The predicted octanol–water partition coefficient (Wildman–Crippen LogP) is 2.30. The van der Waals surface area contributed by atoms with Crippen LogP contribution < -0.4 is 19.8 Å².